The second-order valence-electron chi connectivity index (χ2n) is 5.71. The normalized spacial score (nSPS) is 14.0. The lowest BCUT2D eigenvalue weighted by molar-refractivity contribution is -0.145. The van der Waals surface area contributed by atoms with E-state index in [0.717, 1.165) is 17.0 Å². The molecule has 6 nitrogen and oxygen atoms in total. The van der Waals surface area contributed by atoms with Crippen molar-refractivity contribution in [2.24, 2.45) is 5.10 Å². The molecular weight excluding hydrogens is 332 g/mol. The van der Waals surface area contributed by atoms with Crippen LogP contribution in [0.1, 0.15) is 25.3 Å². The molecule has 0 radical (unpaired) electrons. The van der Waals surface area contributed by atoms with Crippen LogP contribution >= 0.6 is 0 Å². The third-order valence-electron chi connectivity index (χ3n) is 3.88. The molecule has 6 heteroatoms. The van der Waals surface area contributed by atoms with Gasteiger partial charge in [0.15, 0.2) is 6.61 Å². The van der Waals surface area contributed by atoms with Crippen molar-refractivity contribution < 1.29 is 19.1 Å². The molecule has 2 aromatic carbocycles. The van der Waals surface area contributed by atoms with Crippen LogP contribution in [-0.4, -0.2) is 30.8 Å². The number of hydrogen-bond donors (Lipinski definition) is 0. The van der Waals surface area contributed by atoms with Gasteiger partial charge in [-0.25, -0.2) is 9.80 Å². The summed E-state index contributed by atoms with van der Waals surface area (Å²) in [6.07, 6.45) is 1.00. The molecule has 0 spiro atoms. The summed E-state index contributed by atoms with van der Waals surface area (Å²) < 4.78 is 10.2. The number of carbonyl (C=O) groups is 2. The zero-order valence-corrected chi connectivity index (χ0v) is 14.6. The van der Waals surface area contributed by atoms with E-state index in [1.807, 2.05) is 42.5 Å². The summed E-state index contributed by atoms with van der Waals surface area (Å²) in [6.45, 7) is 1.96. The summed E-state index contributed by atoms with van der Waals surface area (Å²) in [5, 5.41) is 5.97. The van der Waals surface area contributed by atoms with Gasteiger partial charge in [0.1, 0.15) is 5.75 Å². The van der Waals surface area contributed by atoms with Crippen LogP contribution in [0.25, 0.3) is 0 Å². The summed E-state index contributed by atoms with van der Waals surface area (Å²) in [5.41, 5.74) is 2.51. The van der Waals surface area contributed by atoms with E-state index >= 15 is 0 Å². The minimum atomic E-state index is -0.398. The fraction of sp³-hybridized carbons (Fsp3) is 0.250. The summed E-state index contributed by atoms with van der Waals surface area (Å²) in [6, 6.07) is 16.7. The zero-order chi connectivity index (χ0) is 18.4. The number of para-hydroxylation sites is 1. The number of carbonyl (C=O) groups excluding carboxylic acids is 2. The average molecular weight is 352 g/mol. The Balaban J connectivity index is 1.72. The molecule has 0 aliphatic carbocycles. The molecule has 2 aromatic rings. The third-order valence-corrected chi connectivity index (χ3v) is 3.88. The Morgan fingerprint density at radius 3 is 2.50 bits per heavy atom. The number of amides is 1. The van der Waals surface area contributed by atoms with Crippen LogP contribution in [0.5, 0.6) is 5.75 Å². The lowest BCUT2D eigenvalue weighted by Crippen LogP contribution is -2.31. The van der Waals surface area contributed by atoms with E-state index in [9.17, 15) is 9.59 Å². The first kappa shape index (κ1) is 17.7. The Kier molecular flexibility index (Phi) is 5.63. The first-order valence-corrected chi connectivity index (χ1v) is 8.51. The number of ether oxygens (including phenoxy) is 2. The van der Waals surface area contributed by atoms with E-state index in [1.165, 1.54) is 5.01 Å². The highest BCUT2D eigenvalue weighted by Crippen LogP contribution is 2.23. The highest BCUT2D eigenvalue weighted by atomic mass is 16.6. The molecule has 0 saturated heterocycles. The fourth-order valence-electron chi connectivity index (χ4n) is 2.62. The molecule has 1 aliphatic rings. The number of anilines is 1. The van der Waals surface area contributed by atoms with E-state index < -0.39 is 5.97 Å². The molecule has 0 bridgehead atoms. The lowest BCUT2D eigenvalue weighted by atomic mass is 10.0. The summed E-state index contributed by atoms with van der Waals surface area (Å²) in [5.74, 6) is 0.161. The topological polar surface area (TPSA) is 68.2 Å². The van der Waals surface area contributed by atoms with Gasteiger partial charge in [-0.3, -0.25) is 4.79 Å². The minimum absolute atomic E-state index is 0.0191. The van der Waals surface area contributed by atoms with Gasteiger partial charge in [0.25, 0.3) is 0 Å². The quantitative estimate of drug-likeness (QED) is 0.749. The molecule has 26 heavy (non-hydrogen) atoms. The van der Waals surface area contributed by atoms with Crippen molar-refractivity contribution in [1.82, 2.24) is 0 Å². The molecule has 0 saturated carbocycles. The minimum Gasteiger partial charge on any atom is -0.482 e. The molecule has 0 atom stereocenters. The Hall–Kier alpha value is -3.15. The van der Waals surface area contributed by atoms with E-state index in [0.29, 0.717) is 25.2 Å². The molecule has 134 valence electrons. The maximum atomic E-state index is 12.2. The van der Waals surface area contributed by atoms with Crippen molar-refractivity contribution in [3.05, 3.63) is 60.2 Å². The first-order valence-electron chi connectivity index (χ1n) is 8.51. The van der Waals surface area contributed by atoms with E-state index in [-0.39, 0.29) is 12.5 Å². The Labute approximate surface area is 152 Å². The maximum absolute atomic E-state index is 12.2. The molecule has 0 aromatic heterocycles. The molecule has 1 aliphatic heterocycles. The van der Waals surface area contributed by atoms with Gasteiger partial charge >= 0.3 is 5.97 Å². The molecule has 1 amide bonds. The predicted octanol–water partition coefficient (Wildman–Crippen LogP) is 3.16. The molecular formula is C20H20N2O4. The van der Waals surface area contributed by atoms with Crippen molar-refractivity contribution in [3.8, 4) is 5.75 Å². The average Bonchev–Trinajstić information content (AvgIpc) is 2.68. The Morgan fingerprint density at radius 2 is 1.81 bits per heavy atom. The molecule has 0 unspecified atom stereocenters. The number of hydrazone groups is 1. The van der Waals surface area contributed by atoms with Gasteiger partial charge in [-0.2, -0.15) is 5.10 Å². The number of benzene rings is 2. The van der Waals surface area contributed by atoms with Gasteiger partial charge in [-0.15, -0.1) is 0 Å². The number of hydrogen-bond acceptors (Lipinski definition) is 5. The maximum Gasteiger partial charge on any atom is 0.344 e. The van der Waals surface area contributed by atoms with Crippen molar-refractivity contribution in [3.63, 3.8) is 0 Å². The second-order valence-corrected chi connectivity index (χ2v) is 5.71. The van der Waals surface area contributed by atoms with Gasteiger partial charge in [-0.1, -0.05) is 18.2 Å². The van der Waals surface area contributed by atoms with Crippen LogP contribution in [0.4, 0.5) is 5.69 Å². The summed E-state index contributed by atoms with van der Waals surface area (Å²) >= 11 is 0. The van der Waals surface area contributed by atoms with Crippen LogP contribution in [-0.2, 0) is 14.3 Å². The third kappa shape index (κ3) is 4.27. The number of nitrogens with zero attached hydrogens (tertiary/aromatic N) is 2. The van der Waals surface area contributed by atoms with Gasteiger partial charge in [0.2, 0.25) is 5.91 Å². The molecule has 0 fully saturated rings. The largest absolute Gasteiger partial charge is 0.482 e. The fourth-order valence-corrected chi connectivity index (χ4v) is 2.62. The first-order chi connectivity index (χ1) is 12.7. The monoisotopic (exact) mass is 352 g/mol. The van der Waals surface area contributed by atoms with Crippen LogP contribution < -0.4 is 9.75 Å². The van der Waals surface area contributed by atoms with E-state index in [4.69, 9.17) is 9.47 Å². The molecule has 3 rings (SSSR count). The van der Waals surface area contributed by atoms with Gasteiger partial charge < -0.3 is 9.47 Å². The molecule has 0 N–H and O–H groups in total. The summed E-state index contributed by atoms with van der Waals surface area (Å²) in [7, 11) is 0. The molecule has 1 heterocycles. The lowest BCUT2D eigenvalue weighted by Gasteiger charge is -2.23. The number of rotatable bonds is 6. The predicted molar refractivity (Wildman–Crippen MR) is 98.3 cm³/mol. The van der Waals surface area contributed by atoms with Crippen molar-refractivity contribution in [1.29, 1.82) is 0 Å². The summed E-state index contributed by atoms with van der Waals surface area (Å²) in [4.78, 5) is 23.5. The van der Waals surface area contributed by atoms with Gasteiger partial charge in [-0.05, 0) is 48.9 Å². The van der Waals surface area contributed by atoms with Crippen LogP contribution in [0.2, 0.25) is 0 Å². The van der Waals surface area contributed by atoms with E-state index in [2.05, 4.69) is 5.10 Å². The second kappa shape index (κ2) is 8.29. The standard InChI is InChI=1S/C20H20N2O4/c1-2-25-20(24)14-26-17-10-8-15(9-11-17)18-12-13-19(23)22(21-18)16-6-4-3-5-7-16/h3-11H,2,12-14H2,1H3. The van der Waals surface area contributed by atoms with Gasteiger partial charge in [0.05, 0.1) is 18.0 Å². The van der Waals surface area contributed by atoms with E-state index in [1.54, 1.807) is 19.1 Å². The number of esters is 1. The van der Waals surface area contributed by atoms with Crippen molar-refractivity contribution in [2.45, 2.75) is 19.8 Å². The highest BCUT2D eigenvalue weighted by Gasteiger charge is 2.22. The van der Waals surface area contributed by atoms with Crippen LogP contribution in [0, 0.1) is 0 Å². The van der Waals surface area contributed by atoms with Crippen molar-refractivity contribution >= 4 is 23.3 Å². The zero-order valence-electron chi connectivity index (χ0n) is 14.6. The van der Waals surface area contributed by atoms with Gasteiger partial charge in [0, 0.05) is 12.8 Å². The SMILES string of the molecule is CCOC(=O)COc1ccc(C2=NN(c3ccccc3)C(=O)CC2)cc1. The highest BCUT2D eigenvalue weighted by molar-refractivity contribution is 6.08. The van der Waals surface area contributed by atoms with Crippen LogP contribution in [0.15, 0.2) is 59.7 Å². The van der Waals surface area contributed by atoms with Crippen molar-refractivity contribution in [2.75, 3.05) is 18.2 Å². The smallest absolute Gasteiger partial charge is 0.344 e. The van der Waals surface area contributed by atoms with Crippen LogP contribution in [0.3, 0.4) is 0 Å². The Bertz CT molecular complexity index is 800. The Morgan fingerprint density at radius 1 is 1.08 bits per heavy atom.